The van der Waals surface area contributed by atoms with Crippen molar-refractivity contribution in [3.63, 3.8) is 0 Å². The molecule has 0 fully saturated rings. The van der Waals surface area contributed by atoms with E-state index in [1.165, 1.54) is 5.56 Å². The average Bonchev–Trinajstić information content (AvgIpc) is 2.46. The number of nitrogens with two attached hydrogens (primary N) is 1. The lowest BCUT2D eigenvalue weighted by atomic mass is 10.0. The molecule has 2 aromatic carbocycles. The minimum atomic E-state index is -0.986. The van der Waals surface area contributed by atoms with Crippen LogP contribution in [0.2, 0.25) is 0 Å². The van der Waals surface area contributed by atoms with Gasteiger partial charge in [-0.05, 0) is 29.2 Å². The first-order chi connectivity index (χ1) is 9.99. The molecule has 0 unspecified atom stereocenters. The molecule has 0 spiro atoms. The van der Waals surface area contributed by atoms with Gasteiger partial charge in [0, 0.05) is 6.54 Å². The second kappa shape index (κ2) is 6.31. The van der Waals surface area contributed by atoms with Crippen molar-refractivity contribution in [2.45, 2.75) is 26.3 Å². The van der Waals surface area contributed by atoms with Crippen LogP contribution in [0.4, 0.5) is 11.4 Å². The van der Waals surface area contributed by atoms with Crippen molar-refractivity contribution < 1.29 is 9.90 Å². The Morgan fingerprint density at radius 3 is 2.43 bits per heavy atom. The van der Waals surface area contributed by atoms with Crippen LogP contribution >= 0.6 is 0 Å². The van der Waals surface area contributed by atoms with E-state index in [9.17, 15) is 9.90 Å². The van der Waals surface area contributed by atoms with Crippen LogP contribution < -0.4 is 11.1 Å². The Balaban J connectivity index is 2.15. The first-order valence-electron chi connectivity index (χ1n) is 6.93. The molecular formula is C17H20N2O2. The normalized spacial score (nSPS) is 10.6. The average molecular weight is 284 g/mol. The van der Waals surface area contributed by atoms with E-state index in [0.29, 0.717) is 23.8 Å². The number of nitrogens with one attached hydrogen (secondary N) is 1. The summed E-state index contributed by atoms with van der Waals surface area (Å²) in [4.78, 5) is 11.2. The fraction of sp³-hybridized carbons (Fsp3) is 0.235. The SMILES string of the molecule is CC(C)c1ccc(CNc2c(N)cccc2C(=O)O)cc1. The molecule has 0 amide bonds. The highest BCUT2D eigenvalue weighted by Gasteiger charge is 2.12. The number of nitrogen functional groups attached to an aromatic ring is 1. The van der Waals surface area contributed by atoms with Crippen LogP contribution in [0.5, 0.6) is 0 Å². The molecule has 0 saturated carbocycles. The molecule has 4 N–H and O–H groups in total. The van der Waals surface area contributed by atoms with Crippen LogP contribution in [-0.2, 0) is 6.54 Å². The number of anilines is 2. The third kappa shape index (κ3) is 3.54. The van der Waals surface area contributed by atoms with Gasteiger partial charge in [-0.25, -0.2) is 4.79 Å². The topological polar surface area (TPSA) is 75.3 Å². The van der Waals surface area contributed by atoms with Gasteiger partial charge in [-0.2, -0.15) is 0 Å². The Hall–Kier alpha value is -2.49. The molecule has 0 saturated heterocycles. The standard InChI is InChI=1S/C17H20N2O2/c1-11(2)13-8-6-12(7-9-13)10-19-16-14(17(20)21)4-3-5-15(16)18/h3-9,11,19H,10,18H2,1-2H3,(H,20,21). The second-order valence-corrected chi connectivity index (χ2v) is 5.32. The van der Waals surface area contributed by atoms with Crippen LogP contribution in [0, 0.1) is 0 Å². The van der Waals surface area contributed by atoms with Crippen molar-refractivity contribution >= 4 is 17.3 Å². The Morgan fingerprint density at radius 1 is 1.19 bits per heavy atom. The number of aromatic carboxylic acids is 1. The largest absolute Gasteiger partial charge is 0.478 e. The van der Waals surface area contributed by atoms with Gasteiger partial charge in [0.25, 0.3) is 0 Å². The maximum atomic E-state index is 11.2. The van der Waals surface area contributed by atoms with Crippen LogP contribution in [-0.4, -0.2) is 11.1 Å². The van der Waals surface area contributed by atoms with Crippen LogP contribution in [0.15, 0.2) is 42.5 Å². The van der Waals surface area contributed by atoms with Gasteiger partial charge in [0.15, 0.2) is 0 Å². The summed E-state index contributed by atoms with van der Waals surface area (Å²) in [7, 11) is 0. The first kappa shape index (κ1) is 14.9. The number of carbonyl (C=O) groups is 1. The van der Waals surface area contributed by atoms with E-state index in [2.05, 4.69) is 31.3 Å². The fourth-order valence-corrected chi connectivity index (χ4v) is 2.16. The van der Waals surface area contributed by atoms with Crippen molar-refractivity contribution in [3.8, 4) is 0 Å². The molecule has 0 aromatic heterocycles. The molecule has 0 aliphatic carbocycles. The van der Waals surface area contributed by atoms with Crippen molar-refractivity contribution in [3.05, 3.63) is 59.2 Å². The van der Waals surface area contributed by atoms with Gasteiger partial charge in [0.05, 0.1) is 16.9 Å². The molecule has 0 aliphatic rings. The molecule has 4 heteroatoms. The third-order valence-corrected chi connectivity index (χ3v) is 3.44. The van der Waals surface area contributed by atoms with Gasteiger partial charge in [0.2, 0.25) is 0 Å². The minimum absolute atomic E-state index is 0.189. The summed E-state index contributed by atoms with van der Waals surface area (Å²) in [5, 5.41) is 12.3. The van der Waals surface area contributed by atoms with E-state index in [0.717, 1.165) is 5.56 Å². The predicted molar refractivity (Wildman–Crippen MR) is 85.7 cm³/mol. The van der Waals surface area contributed by atoms with Crippen molar-refractivity contribution in [1.29, 1.82) is 0 Å². The molecule has 0 bridgehead atoms. The highest BCUT2D eigenvalue weighted by atomic mass is 16.4. The Labute approximate surface area is 124 Å². The smallest absolute Gasteiger partial charge is 0.337 e. The second-order valence-electron chi connectivity index (χ2n) is 5.32. The van der Waals surface area contributed by atoms with Gasteiger partial charge in [0.1, 0.15) is 0 Å². The zero-order chi connectivity index (χ0) is 15.4. The summed E-state index contributed by atoms with van der Waals surface area (Å²) in [6.45, 7) is 4.83. The number of para-hydroxylation sites is 1. The van der Waals surface area contributed by atoms with E-state index in [1.54, 1.807) is 18.2 Å². The summed E-state index contributed by atoms with van der Waals surface area (Å²) >= 11 is 0. The van der Waals surface area contributed by atoms with E-state index in [-0.39, 0.29) is 5.56 Å². The minimum Gasteiger partial charge on any atom is -0.478 e. The first-order valence-corrected chi connectivity index (χ1v) is 6.93. The quantitative estimate of drug-likeness (QED) is 0.732. The Bertz CT molecular complexity index is 634. The maximum absolute atomic E-state index is 11.2. The predicted octanol–water partition coefficient (Wildman–Crippen LogP) is 3.70. The van der Waals surface area contributed by atoms with Crippen molar-refractivity contribution in [1.82, 2.24) is 0 Å². The molecule has 4 nitrogen and oxygen atoms in total. The summed E-state index contributed by atoms with van der Waals surface area (Å²) in [6.07, 6.45) is 0. The van der Waals surface area contributed by atoms with Crippen LogP contribution in [0.1, 0.15) is 41.3 Å². The van der Waals surface area contributed by atoms with Gasteiger partial charge in [-0.1, -0.05) is 44.2 Å². The molecular weight excluding hydrogens is 264 g/mol. The Morgan fingerprint density at radius 2 is 1.86 bits per heavy atom. The molecule has 2 aromatic rings. The Kier molecular flexibility index (Phi) is 4.48. The van der Waals surface area contributed by atoms with E-state index in [1.807, 2.05) is 12.1 Å². The third-order valence-electron chi connectivity index (χ3n) is 3.44. The molecule has 0 atom stereocenters. The summed E-state index contributed by atoms with van der Waals surface area (Å²) in [5.41, 5.74) is 9.32. The van der Waals surface area contributed by atoms with Gasteiger partial charge < -0.3 is 16.2 Å². The number of carboxylic acids is 1. The number of carboxylic acid groups (broad SMARTS) is 1. The van der Waals surface area contributed by atoms with Gasteiger partial charge in [-0.15, -0.1) is 0 Å². The lowest BCUT2D eigenvalue weighted by molar-refractivity contribution is 0.0698. The molecule has 0 aliphatic heterocycles. The summed E-state index contributed by atoms with van der Waals surface area (Å²) in [5.74, 6) is -0.490. The molecule has 2 rings (SSSR count). The summed E-state index contributed by atoms with van der Waals surface area (Å²) in [6, 6.07) is 13.1. The molecule has 110 valence electrons. The van der Waals surface area contributed by atoms with Crippen LogP contribution in [0.3, 0.4) is 0 Å². The van der Waals surface area contributed by atoms with E-state index in [4.69, 9.17) is 5.73 Å². The number of hydrogen-bond donors (Lipinski definition) is 3. The van der Waals surface area contributed by atoms with Crippen LogP contribution in [0.25, 0.3) is 0 Å². The maximum Gasteiger partial charge on any atom is 0.337 e. The van der Waals surface area contributed by atoms with E-state index < -0.39 is 5.97 Å². The zero-order valence-electron chi connectivity index (χ0n) is 12.3. The van der Waals surface area contributed by atoms with Crippen molar-refractivity contribution in [2.24, 2.45) is 0 Å². The lowest BCUT2D eigenvalue weighted by Crippen LogP contribution is -2.09. The fourth-order valence-electron chi connectivity index (χ4n) is 2.16. The number of rotatable bonds is 5. The lowest BCUT2D eigenvalue weighted by Gasteiger charge is -2.13. The zero-order valence-corrected chi connectivity index (χ0v) is 12.3. The molecule has 0 radical (unpaired) electrons. The number of benzene rings is 2. The van der Waals surface area contributed by atoms with Crippen molar-refractivity contribution in [2.75, 3.05) is 11.1 Å². The van der Waals surface area contributed by atoms with Gasteiger partial charge >= 0.3 is 5.97 Å². The highest BCUT2D eigenvalue weighted by Crippen LogP contribution is 2.24. The molecule has 21 heavy (non-hydrogen) atoms. The monoisotopic (exact) mass is 284 g/mol. The molecule has 0 heterocycles. The van der Waals surface area contributed by atoms with E-state index >= 15 is 0 Å². The highest BCUT2D eigenvalue weighted by molar-refractivity contribution is 5.97. The number of hydrogen-bond acceptors (Lipinski definition) is 3. The van der Waals surface area contributed by atoms with Gasteiger partial charge in [-0.3, -0.25) is 0 Å². The summed E-state index contributed by atoms with van der Waals surface area (Å²) < 4.78 is 0.